The van der Waals surface area contributed by atoms with Crippen LogP contribution >= 0.6 is 12.4 Å². The number of hydrogen-bond acceptors (Lipinski definition) is 4. The Hall–Kier alpha value is -1.33. The molecule has 6 heteroatoms. The first kappa shape index (κ1) is 13.7. The molecule has 0 unspecified atom stereocenters. The van der Waals surface area contributed by atoms with E-state index in [2.05, 4.69) is 5.32 Å². The lowest BCUT2D eigenvalue weighted by molar-refractivity contribution is -0.385. The van der Waals surface area contributed by atoms with Gasteiger partial charge in [0.05, 0.1) is 4.92 Å². The predicted octanol–water partition coefficient (Wildman–Crippen LogP) is 2.54. The van der Waals surface area contributed by atoms with Gasteiger partial charge in [-0.3, -0.25) is 10.1 Å². The van der Waals surface area contributed by atoms with Gasteiger partial charge in [0, 0.05) is 12.1 Å². The van der Waals surface area contributed by atoms with Crippen LogP contribution in [0.2, 0.25) is 0 Å². The molecule has 1 saturated heterocycles. The van der Waals surface area contributed by atoms with Gasteiger partial charge in [-0.2, -0.15) is 0 Å². The van der Waals surface area contributed by atoms with Crippen LogP contribution in [-0.4, -0.2) is 16.6 Å². The fraction of sp³-hybridized carbons (Fsp3) is 0.455. The van der Waals surface area contributed by atoms with Crippen molar-refractivity contribution in [1.29, 1.82) is 0 Å². The number of phenolic OH excluding ortho intramolecular Hbond substituents is 1. The molecule has 1 aromatic rings. The molecule has 5 nitrogen and oxygen atoms in total. The van der Waals surface area contributed by atoms with Crippen molar-refractivity contribution in [3.63, 3.8) is 0 Å². The largest absolute Gasteiger partial charge is 0.502 e. The highest BCUT2D eigenvalue weighted by Crippen LogP contribution is 2.31. The lowest BCUT2D eigenvalue weighted by Crippen LogP contribution is -2.26. The fourth-order valence-electron chi connectivity index (χ4n) is 2.04. The quantitative estimate of drug-likeness (QED) is 0.631. The van der Waals surface area contributed by atoms with Gasteiger partial charge < -0.3 is 10.4 Å². The molecule has 0 aromatic heterocycles. The Kier molecular flexibility index (Phi) is 4.72. The summed E-state index contributed by atoms with van der Waals surface area (Å²) in [5, 5.41) is 23.3. The van der Waals surface area contributed by atoms with Crippen molar-refractivity contribution in [3.8, 4) is 5.75 Å². The average molecular weight is 259 g/mol. The van der Waals surface area contributed by atoms with E-state index in [9.17, 15) is 15.2 Å². The summed E-state index contributed by atoms with van der Waals surface area (Å²) in [4.78, 5) is 10.1. The molecule has 1 fully saturated rings. The monoisotopic (exact) mass is 258 g/mol. The number of hydrogen-bond donors (Lipinski definition) is 2. The molecule has 1 aliphatic heterocycles. The summed E-state index contributed by atoms with van der Waals surface area (Å²) < 4.78 is 0. The standard InChI is InChI=1S/C11H14N2O3.ClH/c14-11-5-4-8(7-10(11)13(15)16)9-3-1-2-6-12-9;/h4-5,7,9,12,14H,1-3,6H2;1H/t9-;/m0./s1. The van der Waals surface area contributed by atoms with Crippen LogP contribution in [0.4, 0.5) is 5.69 Å². The maximum Gasteiger partial charge on any atom is 0.311 e. The Morgan fingerprint density at radius 1 is 1.41 bits per heavy atom. The van der Waals surface area contributed by atoms with Crippen LogP contribution in [-0.2, 0) is 0 Å². The topological polar surface area (TPSA) is 75.4 Å². The van der Waals surface area contributed by atoms with E-state index in [1.54, 1.807) is 6.07 Å². The zero-order valence-electron chi connectivity index (χ0n) is 9.26. The summed E-state index contributed by atoms with van der Waals surface area (Å²) in [5.41, 5.74) is 0.661. The van der Waals surface area contributed by atoms with E-state index in [1.165, 1.54) is 12.1 Å². The van der Waals surface area contributed by atoms with Crippen LogP contribution in [0.1, 0.15) is 30.9 Å². The molecular weight excluding hydrogens is 244 g/mol. The molecule has 1 aliphatic rings. The molecule has 0 spiro atoms. The molecule has 1 heterocycles. The number of aromatic hydroxyl groups is 1. The van der Waals surface area contributed by atoms with Crippen molar-refractivity contribution in [2.24, 2.45) is 0 Å². The smallest absolute Gasteiger partial charge is 0.311 e. The number of halogens is 1. The number of phenols is 1. The summed E-state index contributed by atoms with van der Waals surface area (Å²) in [7, 11) is 0. The first-order valence-corrected chi connectivity index (χ1v) is 5.39. The minimum absolute atomic E-state index is 0. The van der Waals surface area contributed by atoms with Gasteiger partial charge in [0.1, 0.15) is 0 Å². The second-order valence-electron chi connectivity index (χ2n) is 4.01. The highest BCUT2D eigenvalue weighted by molar-refractivity contribution is 5.85. The Morgan fingerprint density at radius 2 is 2.18 bits per heavy atom. The van der Waals surface area contributed by atoms with Gasteiger partial charge >= 0.3 is 5.69 Å². The van der Waals surface area contributed by atoms with Crippen LogP contribution in [0.5, 0.6) is 5.75 Å². The summed E-state index contributed by atoms with van der Waals surface area (Å²) in [6.45, 7) is 0.944. The van der Waals surface area contributed by atoms with Crippen molar-refractivity contribution >= 4 is 18.1 Å². The Labute approximate surface area is 105 Å². The van der Waals surface area contributed by atoms with E-state index in [0.717, 1.165) is 31.4 Å². The molecule has 0 bridgehead atoms. The molecule has 2 rings (SSSR count). The summed E-state index contributed by atoms with van der Waals surface area (Å²) in [5.74, 6) is -0.274. The van der Waals surface area contributed by atoms with Crippen molar-refractivity contribution in [2.75, 3.05) is 6.54 Å². The van der Waals surface area contributed by atoms with Crippen LogP contribution in [0.3, 0.4) is 0 Å². The van der Waals surface area contributed by atoms with Gasteiger partial charge in [-0.15, -0.1) is 12.4 Å². The molecule has 94 valence electrons. The number of rotatable bonds is 2. The SMILES string of the molecule is Cl.O=[N+]([O-])c1cc([C@@H]2CCCCN2)ccc1O. The number of benzene rings is 1. The molecule has 0 saturated carbocycles. The molecule has 1 aromatic carbocycles. The van der Waals surface area contributed by atoms with Gasteiger partial charge in [-0.05, 0) is 31.0 Å². The van der Waals surface area contributed by atoms with Crippen LogP contribution in [0, 0.1) is 10.1 Å². The fourth-order valence-corrected chi connectivity index (χ4v) is 2.04. The van der Waals surface area contributed by atoms with E-state index < -0.39 is 4.92 Å². The van der Waals surface area contributed by atoms with Crippen molar-refractivity contribution in [1.82, 2.24) is 5.32 Å². The Balaban J connectivity index is 0.00000144. The second kappa shape index (κ2) is 5.84. The lowest BCUT2D eigenvalue weighted by Gasteiger charge is -2.23. The third-order valence-electron chi connectivity index (χ3n) is 2.91. The van der Waals surface area contributed by atoms with E-state index in [4.69, 9.17) is 0 Å². The zero-order valence-corrected chi connectivity index (χ0v) is 10.1. The summed E-state index contributed by atoms with van der Waals surface area (Å²) in [6.07, 6.45) is 3.27. The molecule has 1 atom stereocenters. The second-order valence-corrected chi connectivity index (χ2v) is 4.01. The van der Waals surface area contributed by atoms with E-state index >= 15 is 0 Å². The minimum Gasteiger partial charge on any atom is -0.502 e. The van der Waals surface area contributed by atoms with Gasteiger partial charge in [-0.1, -0.05) is 12.5 Å². The van der Waals surface area contributed by atoms with Gasteiger partial charge in [0.15, 0.2) is 5.75 Å². The third-order valence-corrected chi connectivity index (χ3v) is 2.91. The van der Waals surface area contributed by atoms with E-state index in [1.807, 2.05) is 0 Å². The summed E-state index contributed by atoms with van der Waals surface area (Å²) >= 11 is 0. The van der Waals surface area contributed by atoms with Crippen LogP contribution in [0.15, 0.2) is 18.2 Å². The van der Waals surface area contributed by atoms with Gasteiger partial charge in [-0.25, -0.2) is 0 Å². The lowest BCUT2D eigenvalue weighted by atomic mass is 9.97. The molecule has 0 radical (unpaired) electrons. The first-order chi connectivity index (χ1) is 7.68. The van der Waals surface area contributed by atoms with Crippen LogP contribution < -0.4 is 5.32 Å². The number of nitrogens with one attached hydrogen (secondary N) is 1. The number of nitrogens with zero attached hydrogens (tertiary/aromatic N) is 1. The van der Waals surface area contributed by atoms with Crippen molar-refractivity contribution in [3.05, 3.63) is 33.9 Å². The normalized spacial score (nSPS) is 19.4. The van der Waals surface area contributed by atoms with Crippen molar-refractivity contribution < 1.29 is 10.0 Å². The maximum absolute atomic E-state index is 10.7. The first-order valence-electron chi connectivity index (χ1n) is 5.39. The number of nitro groups is 1. The molecular formula is C11H15ClN2O3. The Bertz CT molecular complexity index is 406. The third kappa shape index (κ3) is 3.08. The highest BCUT2D eigenvalue weighted by atomic mass is 35.5. The van der Waals surface area contributed by atoms with Crippen molar-refractivity contribution in [2.45, 2.75) is 25.3 Å². The highest BCUT2D eigenvalue weighted by Gasteiger charge is 2.19. The molecule has 2 N–H and O–H groups in total. The van der Waals surface area contributed by atoms with Crippen LogP contribution in [0.25, 0.3) is 0 Å². The minimum atomic E-state index is -0.554. The Morgan fingerprint density at radius 3 is 2.76 bits per heavy atom. The number of nitro benzene ring substituents is 1. The maximum atomic E-state index is 10.7. The van der Waals surface area contributed by atoms with Gasteiger partial charge in [0.2, 0.25) is 0 Å². The van der Waals surface area contributed by atoms with E-state index in [0.29, 0.717) is 0 Å². The van der Waals surface area contributed by atoms with Gasteiger partial charge in [0.25, 0.3) is 0 Å². The van der Waals surface area contributed by atoms with E-state index in [-0.39, 0.29) is 29.9 Å². The molecule has 0 amide bonds. The average Bonchev–Trinajstić information content (AvgIpc) is 2.30. The summed E-state index contributed by atoms with van der Waals surface area (Å²) in [6, 6.07) is 4.76. The molecule has 0 aliphatic carbocycles. The zero-order chi connectivity index (χ0) is 11.5. The number of piperidine rings is 1. The molecule has 17 heavy (non-hydrogen) atoms. The predicted molar refractivity (Wildman–Crippen MR) is 66.6 cm³/mol.